The van der Waals surface area contributed by atoms with Crippen molar-refractivity contribution in [2.24, 2.45) is 34.6 Å². The van der Waals surface area contributed by atoms with Crippen molar-refractivity contribution in [1.29, 1.82) is 0 Å². The van der Waals surface area contributed by atoms with E-state index in [1.54, 1.807) is 11.8 Å². The number of amides is 1. The van der Waals surface area contributed by atoms with Gasteiger partial charge in [-0.05, 0) is 43.9 Å². The molecule has 2 aliphatic carbocycles. The highest BCUT2D eigenvalue weighted by Crippen LogP contribution is 2.48. The standard InChI is InChI=1S/C13H23N3O2/c1-8(12(14)15-18)13(17)16(2)7-11-6-9-3-4-10(11)5-9/h8-11,18H,3-7H2,1-2H3,(H2,14,15). The predicted molar refractivity (Wildman–Crippen MR) is 69.1 cm³/mol. The Labute approximate surface area is 108 Å². The summed E-state index contributed by atoms with van der Waals surface area (Å²) in [7, 11) is 1.81. The van der Waals surface area contributed by atoms with Crippen molar-refractivity contribution >= 4 is 11.7 Å². The third kappa shape index (κ3) is 2.44. The molecule has 102 valence electrons. The molecule has 4 atom stereocenters. The van der Waals surface area contributed by atoms with Crippen LogP contribution in [0.25, 0.3) is 0 Å². The predicted octanol–water partition coefficient (Wildman–Crippen LogP) is 1.26. The van der Waals surface area contributed by atoms with Crippen LogP contribution >= 0.6 is 0 Å². The first-order valence-electron chi connectivity index (χ1n) is 6.75. The van der Waals surface area contributed by atoms with Crippen LogP contribution in [0.3, 0.4) is 0 Å². The Kier molecular flexibility index (Phi) is 3.78. The molecular weight excluding hydrogens is 230 g/mol. The van der Waals surface area contributed by atoms with Crippen LogP contribution in [0.2, 0.25) is 0 Å². The third-order valence-corrected chi connectivity index (χ3v) is 4.70. The van der Waals surface area contributed by atoms with Crippen LogP contribution in [0.5, 0.6) is 0 Å². The second-order valence-corrected chi connectivity index (χ2v) is 5.90. The van der Waals surface area contributed by atoms with Gasteiger partial charge in [-0.15, -0.1) is 0 Å². The van der Waals surface area contributed by atoms with Crippen molar-refractivity contribution < 1.29 is 10.0 Å². The monoisotopic (exact) mass is 253 g/mol. The summed E-state index contributed by atoms with van der Waals surface area (Å²) in [6, 6.07) is 0. The van der Waals surface area contributed by atoms with E-state index in [-0.39, 0.29) is 11.7 Å². The van der Waals surface area contributed by atoms with Crippen molar-refractivity contribution in [3.63, 3.8) is 0 Å². The molecule has 2 saturated carbocycles. The third-order valence-electron chi connectivity index (χ3n) is 4.70. The first kappa shape index (κ1) is 13.2. The molecule has 4 unspecified atom stereocenters. The molecule has 0 saturated heterocycles. The molecule has 0 aliphatic heterocycles. The van der Waals surface area contributed by atoms with Crippen molar-refractivity contribution in [3.05, 3.63) is 0 Å². The largest absolute Gasteiger partial charge is 0.409 e. The molecule has 0 radical (unpaired) electrons. The van der Waals surface area contributed by atoms with Crippen LogP contribution in [0.1, 0.15) is 32.6 Å². The fourth-order valence-corrected chi connectivity index (χ4v) is 3.59. The summed E-state index contributed by atoms with van der Waals surface area (Å²) < 4.78 is 0. The molecule has 5 nitrogen and oxygen atoms in total. The van der Waals surface area contributed by atoms with Gasteiger partial charge in [0.1, 0.15) is 0 Å². The van der Waals surface area contributed by atoms with Crippen molar-refractivity contribution in [2.75, 3.05) is 13.6 Å². The summed E-state index contributed by atoms with van der Waals surface area (Å²) >= 11 is 0. The van der Waals surface area contributed by atoms with Gasteiger partial charge in [0.05, 0.1) is 5.92 Å². The van der Waals surface area contributed by atoms with Crippen molar-refractivity contribution in [3.8, 4) is 0 Å². The Balaban J connectivity index is 1.88. The molecule has 2 rings (SSSR count). The van der Waals surface area contributed by atoms with Crippen molar-refractivity contribution in [2.45, 2.75) is 32.6 Å². The van der Waals surface area contributed by atoms with Gasteiger partial charge in [0.15, 0.2) is 5.84 Å². The molecule has 18 heavy (non-hydrogen) atoms. The van der Waals surface area contributed by atoms with E-state index in [1.165, 1.54) is 25.7 Å². The van der Waals surface area contributed by atoms with Crippen LogP contribution in [-0.4, -0.2) is 35.4 Å². The van der Waals surface area contributed by atoms with Crippen molar-refractivity contribution in [1.82, 2.24) is 4.90 Å². The average molecular weight is 253 g/mol. The summed E-state index contributed by atoms with van der Waals surface area (Å²) in [5, 5.41) is 11.5. The Morgan fingerprint density at radius 3 is 2.72 bits per heavy atom. The summed E-state index contributed by atoms with van der Waals surface area (Å²) in [6.45, 7) is 2.48. The van der Waals surface area contributed by atoms with E-state index < -0.39 is 5.92 Å². The maximum atomic E-state index is 12.1. The first-order chi connectivity index (χ1) is 8.52. The zero-order valence-electron chi connectivity index (χ0n) is 11.2. The Morgan fingerprint density at radius 2 is 2.22 bits per heavy atom. The Morgan fingerprint density at radius 1 is 1.50 bits per heavy atom. The van der Waals surface area contributed by atoms with Crippen LogP contribution in [0, 0.1) is 23.7 Å². The molecule has 2 fully saturated rings. The summed E-state index contributed by atoms with van der Waals surface area (Å²) in [5.41, 5.74) is 5.48. The summed E-state index contributed by atoms with van der Waals surface area (Å²) in [4.78, 5) is 13.8. The van der Waals surface area contributed by atoms with Gasteiger partial charge in [-0.25, -0.2) is 0 Å². The number of hydrogen-bond donors (Lipinski definition) is 2. The maximum absolute atomic E-state index is 12.1. The molecular formula is C13H23N3O2. The van der Waals surface area contributed by atoms with Gasteiger partial charge in [-0.3, -0.25) is 4.79 Å². The number of hydrogen-bond acceptors (Lipinski definition) is 3. The molecule has 2 bridgehead atoms. The highest BCUT2D eigenvalue weighted by atomic mass is 16.4. The highest BCUT2D eigenvalue weighted by molar-refractivity contribution is 6.01. The van der Waals surface area contributed by atoms with Crippen LogP contribution < -0.4 is 5.73 Å². The lowest BCUT2D eigenvalue weighted by Crippen LogP contribution is -2.41. The van der Waals surface area contributed by atoms with Gasteiger partial charge >= 0.3 is 0 Å². The molecule has 0 aromatic heterocycles. The second kappa shape index (κ2) is 5.16. The zero-order valence-corrected chi connectivity index (χ0v) is 11.2. The normalized spacial score (nSPS) is 32.6. The van der Waals surface area contributed by atoms with E-state index in [4.69, 9.17) is 10.9 Å². The lowest BCUT2D eigenvalue weighted by molar-refractivity contribution is -0.132. The zero-order chi connectivity index (χ0) is 13.3. The molecule has 5 heteroatoms. The number of nitrogens with two attached hydrogens (primary N) is 1. The summed E-state index contributed by atoms with van der Waals surface area (Å²) in [6.07, 6.45) is 5.31. The number of amidine groups is 1. The molecule has 3 N–H and O–H groups in total. The minimum Gasteiger partial charge on any atom is -0.409 e. The second-order valence-electron chi connectivity index (χ2n) is 5.90. The number of nitrogens with zero attached hydrogens (tertiary/aromatic N) is 2. The number of carbonyl (C=O) groups is 1. The quantitative estimate of drug-likeness (QED) is 0.343. The Hall–Kier alpha value is -1.26. The van der Waals surface area contributed by atoms with Crippen LogP contribution in [0.15, 0.2) is 5.16 Å². The average Bonchev–Trinajstić information content (AvgIpc) is 2.98. The molecule has 2 aliphatic rings. The van der Waals surface area contributed by atoms with E-state index in [0.717, 1.165) is 18.4 Å². The molecule has 0 aromatic rings. The number of carbonyl (C=O) groups excluding carboxylic acids is 1. The fraction of sp³-hybridized carbons (Fsp3) is 0.846. The van der Waals surface area contributed by atoms with Gasteiger partial charge < -0.3 is 15.8 Å². The lowest BCUT2D eigenvalue weighted by Gasteiger charge is -2.28. The van der Waals surface area contributed by atoms with Gasteiger partial charge in [0, 0.05) is 13.6 Å². The topological polar surface area (TPSA) is 78.9 Å². The molecule has 0 aromatic carbocycles. The number of rotatable bonds is 4. The molecule has 1 amide bonds. The minimum absolute atomic E-state index is 0.0141. The highest BCUT2D eigenvalue weighted by Gasteiger charge is 2.40. The van der Waals surface area contributed by atoms with E-state index in [0.29, 0.717) is 5.92 Å². The Bertz CT molecular complexity index is 356. The van der Waals surface area contributed by atoms with Crippen LogP contribution in [-0.2, 0) is 4.79 Å². The van der Waals surface area contributed by atoms with E-state index >= 15 is 0 Å². The number of fused-ring (bicyclic) bond motifs is 2. The van der Waals surface area contributed by atoms with E-state index in [1.807, 2.05) is 7.05 Å². The lowest BCUT2D eigenvalue weighted by atomic mass is 9.88. The fourth-order valence-electron chi connectivity index (χ4n) is 3.59. The molecule has 0 heterocycles. The van der Waals surface area contributed by atoms with Gasteiger partial charge in [0.2, 0.25) is 5.91 Å². The SMILES string of the molecule is CC(C(=O)N(C)CC1CC2CCC1C2)C(N)=NO. The van der Waals surface area contributed by atoms with Crippen LogP contribution in [0.4, 0.5) is 0 Å². The smallest absolute Gasteiger partial charge is 0.232 e. The van der Waals surface area contributed by atoms with Gasteiger partial charge in [-0.2, -0.15) is 0 Å². The van der Waals surface area contributed by atoms with E-state index in [9.17, 15) is 4.79 Å². The van der Waals surface area contributed by atoms with Gasteiger partial charge in [0.25, 0.3) is 0 Å². The summed E-state index contributed by atoms with van der Waals surface area (Å²) in [5.74, 6) is 1.73. The first-order valence-corrected chi connectivity index (χ1v) is 6.75. The maximum Gasteiger partial charge on any atom is 0.232 e. The number of oxime groups is 1. The minimum atomic E-state index is -0.543. The van der Waals surface area contributed by atoms with Gasteiger partial charge in [-0.1, -0.05) is 11.6 Å². The van der Waals surface area contributed by atoms with E-state index in [2.05, 4.69) is 5.16 Å². The molecule has 0 spiro atoms.